The van der Waals surface area contributed by atoms with Crippen molar-refractivity contribution in [2.75, 3.05) is 6.61 Å². The molecule has 0 bridgehead atoms. The summed E-state index contributed by atoms with van der Waals surface area (Å²) in [5.41, 5.74) is 2.28. The molecule has 4 nitrogen and oxygen atoms in total. The molecular formula is C16H16Cl3NO3. The second-order valence-corrected chi connectivity index (χ2v) is 7.09. The zero-order valence-electron chi connectivity index (χ0n) is 12.9. The van der Waals surface area contributed by atoms with Gasteiger partial charge in [0, 0.05) is 18.2 Å². The fourth-order valence-electron chi connectivity index (χ4n) is 3.12. The van der Waals surface area contributed by atoms with Crippen molar-refractivity contribution in [3.8, 4) is 0 Å². The van der Waals surface area contributed by atoms with Gasteiger partial charge in [0.25, 0.3) is 5.79 Å². The summed E-state index contributed by atoms with van der Waals surface area (Å²) < 4.78 is 11.5. The SMILES string of the molecule is CC(=O)OC1(C(C)C)OCCc2c1[nH]c1c(Cl)cc(Cl)c(Cl)c21. The van der Waals surface area contributed by atoms with Gasteiger partial charge in [-0.1, -0.05) is 48.7 Å². The number of rotatable bonds is 2. The zero-order valence-corrected chi connectivity index (χ0v) is 15.2. The van der Waals surface area contributed by atoms with Crippen LogP contribution in [0.2, 0.25) is 15.1 Å². The summed E-state index contributed by atoms with van der Waals surface area (Å²) in [6.07, 6.45) is 0.626. The molecule has 7 heteroatoms. The lowest BCUT2D eigenvalue weighted by Crippen LogP contribution is -2.44. The lowest BCUT2D eigenvalue weighted by Gasteiger charge is -2.39. The highest BCUT2D eigenvalue weighted by atomic mass is 35.5. The molecule has 23 heavy (non-hydrogen) atoms. The van der Waals surface area contributed by atoms with Crippen LogP contribution < -0.4 is 0 Å². The Bertz CT molecular complexity index is 800. The van der Waals surface area contributed by atoms with Crippen LogP contribution in [0.3, 0.4) is 0 Å². The third-order valence-corrected chi connectivity index (χ3v) is 5.18. The van der Waals surface area contributed by atoms with Gasteiger partial charge in [0.05, 0.1) is 32.9 Å². The number of hydrogen-bond acceptors (Lipinski definition) is 3. The Hall–Kier alpha value is -0.940. The molecule has 0 radical (unpaired) electrons. The molecule has 1 N–H and O–H groups in total. The summed E-state index contributed by atoms with van der Waals surface area (Å²) in [6.45, 7) is 5.63. The summed E-state index contributed by atoms with van der Waals surface area (Å²) in [7, 11) is 0. The third-order valence-electron chi connectivity index (χ3n) is 4.10. The van der Waals surface area contributed by atoms with E-state index in [9.17, 15) is 4.79 Å². The van der Waals surface area contributed by atoms with Gasteiger partial charge < -0.3 is 14.5 Å². The van der Waals surface area contributed by atoms with Crippen LogP contribution in [0.15, 0.2) is 6.07 Å². The Kier molecular flexibility index (Phi) is 4.30. The molecule has 1 aliphatic heterocycles. The first-order chi connectivity index (χ1) is 10.8. The Morgan fingerprint density at radius 3 is 2.65 bits per heavy atom. The predicted molar refractivity (Wildman–Crippen MR) is 91.3 cm³/mol. The normalized spacial score (nSPS) is 20.8. The number of fused-ring (bicyclic) bond motifs is 3. The minimum atomic E-state index is -1.18. The summed E-state index contributed by atoms with van der Waals surface area (Å²) in [5, 5.41) is 2.05. The number of hydrogen-bond donors (Lipinski definition) is 1. The molecule has 0 amide bonds. The topological polar surface area (TPSA) is 51.3 Å². The van der Waals surface area contributed by atoms with E-state index in [-0.39, 0.29) is 5.92 Å². The summed E-state index contributed by atoms with van der Waals surface area (Å²) in [6, 6.07) is 1.60. The number of halogens is 3. The zero-order chi connectivity index (χ0) is 16.9. The molecule has 0 spiro atoms. The Balaban J connectivity index is 2.35. The molecule has 0 saturated carbocycles. The molecule has 1 aromatic heterocycles. The first-order valence-corrected chi connectivity index (χ1v) is 8.43. The number of aromatic nitrogens is 1. The summed E-state index contributed by atoms with van der Waals surface area (Å²) in [5.74, 6) is -1.70. The molecule has 1 aliphatic rings. The van der Waals surface area contributed by atoms with Crippen LogP contribution in [0.4, 0.5) is 0 Å². The number of carbonyl (C=O) groups excluding carboxylic acids is 1. The largest absolute Gasteiger partial charge is 0.427 e. The maximum Gasteiger partial charge on any atom is 0.305 e. The van der Waals surface area contributed by atoms with Gasteiger partial charge >= 0.3 is 5.97 Å². The van der Waals surface area contributed by atoms with E-state index in [1.54, 1.807) is 6.07 Å². The number of benzene rings is 1. The highest BCUT2D eigenvalue weighted by molar-refractivity contribution is 6.48. The van der Waals surface area contributed by atoms with Gasteiger partial charge in [0.15, 0.2) is 0 Å². The maximum absolute atomic E-state index is 11.6. The number of ether oxygens (including phenoxy) is 2. The molecular weight excluding hydrogens is 361 g/mol. The first-order valence-electron chi connectivity index (χ1n) is 7.30. The molecule has 0 fully saturated rings. The van der Waals surface area contributed by atoms with E-state index in [2.05, 4.69) is 4.98 Å². The van der Waals surface area contributed by atoms with Crippen LogP contribution in [-0.4, -0.2) is 17.6 Å². The number of carbonyl (C=O) groups is 1. The van der Waals surface area contributed by atoms with Crippen LogP contribution in [0, 0.1) is 5.92 Å². The lowest BCUT2D eigenvalue weighted by molar-refractivity contribution is -0.265. The van der Waals surface area contributed by atoms with Crippen LogP contribution in [0.5, 0.6) is 0 Å². The van der Waals surface area contributed by atoms with E-state index >= 15 is 0 Å². The monoisotopic (exact) mass is 375 g/mol. The molecule has 1 atom stereocenters. The molecule has 124 valence electrons. The minimum absolute atomic E-state index is 0.105. The standard InChI is InChI=1S/C16H16Cl3NO3/c1-7(2)16(23-8(3)21)15-9(4-5-22-16)12-13(19)10(17)6-11(18)14(12)20-15/h6-7,20H,4-5H2,1-3H3. The Morgan fingerprint density at radius 1 is 1.35 bits per heavy atom. The van der Waals surface area contributed by atoms with Crippen molar-refractivity contribution in [2.45, 2.75) is 33.0 Å². The second kappa shape index (κ2) is 5.85. The molecule has 1 aromatic carbocycles. The van der Waals surface area contributed by atoms with Crippen LogP contribution in [-0.2, 0) is 26.5 Å². The van der Waals surface area contributed by atoms with Crippen molar-refractivity contribution in [2.24, 2.45) is 5.92 Å². The Labute approximate surface area is 149 Å². The van der Waals surface area contributed by atoms with Crippen molar-refractivity contribution < 1.29 is 14.3 Å². The fourth-order valence-corrected chi connectivity index (χ4v) is 3.89. The molecule has 0 aliphatic carbocycles. The fraction of sp³-hybridized carbons (Fsp3) is 0.438. The molecule has 1 unspecified atom stereocenters. The van der Waals surface area contributed by atoms with Crippen LogP contribution in [0.25, 0.3) is 10.9 Å². The molecule has 0 saturated heterocycles. The van der Waals surface area contributed by atoms with Crippen LogP contribution in [0.1, 0.15) is 32.0 Å². The van der Waals surface area contributed by atoms with E-state index in [1.807, 2.05) is 13.8 Å². The summed E-state index contributed by atoms with van der Waals surface area (Å²) in [4.78, 5) is 14.9. The van der Waals surface area contributed by atoms with Gasteiger partial charge in [-0.05, 0) is 18.1 Å². The highest BCUT2D eigenvalue weighted by Gasteiger charge is 2.47. The molecule has 2 heterocycles. The molecule has 3 rings (SSSR count). The first kappa shape index (κ1) is 16.9. The summed E-state index contributed by atoms with van der Waals surface area (Å²) >= 11 is 18.9. The number of nitrogens with one attached hydrogen (secondary N) is 1. The smallest absolute Gasteiger partial charge is 0.305 e. The van der Waals surface area contributed by atoms with Crippen molar-refractivity contribution in [3.05, 3.63) is 32.4 Å². The highest BCUT2D eigenvalue weighted by Crippen LogP contribution is 2.47. The minimum Gasteiger partial charge on any atom is -0.427 e. The van der Waals surface area contributed by atoms with Gasteiger partial charge in [-0.25, -0.2) is 0 Å². The number of aromatic amines is 1. The van der Waals surface area contributed by atoms with Crippen LogP contribution >= 0.6 is 34.8 Å². The predicted octanol–water partition coefficient (Wildman–Crippen LogP) is 5.07. The van der Waals surface area contributed by atoms with E-state index in [1.165, 1.54) is 6.92 Å². The maximum atomic E-state index is 11.6. The van der Waals surface area contributed by atoms with Crippen molar-refractivity contribution in [1.82, 2.24) is 4.98 Å². The molecule has 2 aromatic rings. The average molecular weight is 377 g/mol. The van der Waals surface area contributed by atoms with Gasteiger partial charge in [0.1, 0.15) is 0 Å². The van der Waals surface area contributed by atoms with E-state index < -0.39 is 11.8 Å². The van der Waals surface area contributed by atoms with E-state index in [4.69, 9.17) is 44.3 Å². The van der Waals surface area contributed by atoms with E-state index in [0.29, 0.717) is 39.3 Å². The number of esters is 1. The van der Waals surface area contributed by atoms with Crippen molar-refractivity contribution in [1.29, 1.82) is 0 Å². The van der Waals surface area contributed by atoms with E-state index in [0.717, 1.165) is 10.9 Å². The van der Waals surface area contributed by atoms with Gasteiger partial charge in [-0.3, -0.25) is 4.79 Å². The van der Waals surface area contributed by atoms with Crippen molar-refractivity contribution >= 4 is 51.7 Å². The second-order valence-electron chi connectivity index (χ2n) is 5.90. The Morgan fingerprint density at radius 2 is 2.04 bits per heavy atom. The third kappa shape index (κ3) is 2.52. The lowest BCUT2D eigenvalue weighted by atomic mass is 9.92. The number of H-pyrrole nitrogens is 1. The van der Waals surface area contributed by atoms with Gasteiger partial charge in [-0.15, -0.1) is 0 Å². The quantitative estimate of drug-likeness (QED) is 0.588. The van der Waals surface area contributed by atoms with Gasteiger partial charge in [0.2, 0.25) is 0 Å². The average Bonchev–Trinajstić information content (AvgIpc) is 2.85. The van der Waals surface area contributed by atoms with Crippen molar-refractivity contribution in [3.63, 3.8) is 0 Å². The van der Waals surface area contributed by atoms with Gasteiger partial charge in [-0.2, -0.15) is 0 Å².